The Bertz CT molecular complexity index is 1500. The highest BCUT2D eigenvalue weighted by atomic mass is 19.4. The number of nitrogens with zero attached hydrogens (tertiary/aromatic N) is 5. The van der Waals surface area contributed by atoms with E-state index in [0.717, 1.165) is 44.9 Å². The Morgan fingerprint density at radius 3 is 2.30 bits per heavy atom. The molecule has 1 aliphatic carbocycles. The first-order valence-electron chi connectivity index (χ1n) is 16.5. The number of rotatable bonds is 7. The lowest BCUT2D eigenvalue weighted by Gasteiger charge is -2.31. The standard InChI is InChI=1S/C34H41F3N6O4/c35-34(36,37)30-29(47-33(40-30)43-18-14-24(15-19-43)23-8-3-1-4-9-23)31(45)39-26-12-13-27(38-22-26)41-16-7-17-42(21-20-41)32(46)28(44)25-10-5-2-6-11-25/h1,3-4,8-9,12-13,22,24-25,28,44H,2,5-7,10-11,14-21H2,(H,39,45)/t28-/m1/s1. The van der Waals surface area contributed by atoms with E-state index in [1.165, 1.54) is 11.8 Å². The van der Waals surface area contributed by atoms with E-state index in [1.807, 2.05) is 35.2 Å². The van der Waals surface area contributed by atoms with Gasteiger partial charge in [0.05, 0.1) is 11.9 Å². The predicted molar refractivity (Wildman–Crippen MR) is 170 cm³/mol. The molecule has 6 rings (SSSR count). The van der Waals surface area contributed by atoms with Crippen LogP contribution in [-0.4, -0.2) is 77.2 Å². The van der Waals surface area contributed by atoms with Crippen LogP contribution in [-0.2, 0) is 11.0 Å². The molecule has 13 heteroatoms. The maximum Gasteiger partial charge on any atom is 0.437 e. The number of nitrogens with one attached hydrogen (secondary N) is 1. The van der Waals surface area contributed by atoms with Crippen LogP contribution in [0.2, 0.25) is 0 Å². The van der Waals surface area contributed by atoms with Gasteiger partial charge in [0.15, 0.2) is 5.69 Å². The highest BCUT2D eigenvalue weighted by Crippen LogP contribution is 2.37. The van der Waals surface area contributed by atoms with Gasteiger partial charge < -0.3 is 29.5 Å². The number of carbonyl (C=O) groups is 2. The lowest BCUT2D eigenvalue weighted by Crippen LogP contribution is -2.44. The number of anilines is 3. The van der Waals surface area contributed by atoms with Crippen LogP contribution in [0.1, 0.15) is 79.1 Å². The first-order valence-corrected chi connectivity index (χ1v) is 16.5. The van der Waals surface area contributed by atoms with E-state index in [9.17, 15) is 27.9 Å². The number of halogens is 3. The molecule has 47 heavy (non-hydrogen) atoms. The summed E-state index contributed by atoms with van der Waals surface area (Å²) in [5.41, 5.74) is 0.0283. The van der Waals surface area contributed by atoms with Gasteiger partial charge in [0, 0.05) is 39.3 Å². The zero-order valence-electron chi connectivity index (χ0n) is 26.3. The zero-order valence-corrected chi connectivity index (χ0v) is 26.3. The van der Waals surface area contributed by atoms with Gasteiger partial charge in [0.2, 0.25) is 5.76 Å². The number of hydrogen-bond acceptors (Lipinski definition) is 8. The SMILES string of the molecule is O=C(Nc1ccc(N2CCCN(C(=O)[C@H](O)C3CCCCC3)CC2)nc1)c1oc(N2CCC(c3ccccc3)CC2)nc1C(F)(F)F. The molecule has 0 radical (unpaired) electrons. The first kappa shape index (κ1) is 32.8. The van der Waals surface area contributed by atoms with Crippen LogP contribution in [0.25, 0.3) is 0 Å². The van der Waals surface area contributed by atoms with Crippen molar-refractivity contribution < 1.29 is 32.3 Å². The maximum absolute atomic E-state index is 13.9. The van der Waals surface area contributed by atoms with E-state index in [1.54, 1.807) is 21.9 Å². The minimum absolute atomic E-state index is 0.0215. The second-order valence-electron chi connectivity index (χ2n) is 12.7. The normalized spacial score (nSPS) is 19.4. The van der Waals surface area contributed by atoms with Crippen LogP contribution in [0.3, 0.4) is 0 Å². The fourth-order valence-corrected chi connectivity index (χ4v) is 6.96. The molecule has 1 saturated carbocycles. The fraction of sp³-hybridized carbons (Fsp3) is 0.529. The molecule has 2 saturated heterocycles. The quantitative estimate of drug-likeness (QED) is 0.333. The van der Waals surface area contributed by atoms with Gasteiger partial charge in [-0.15, -0.1) is 0 Å². The molecule has 0 spiro atoms. The number of oxazole rings is 1. The van der Waals surface area contributed by atoms with E-state index in [2.05, 4.69) is 15.3 Å². The average Bonchev–Trinajstić information content (AvgIpc) is 3.42. The molecule has 1 atom stereocenters. The molecule has 2 aromatic heterocycles. The molecule has 1 aromatic carbocycles. The van der Waals surface area contributed by atoms with Gasteiger partial charge in [-0.2, -0.15) is 18.2 Å². The smallest absolute Gasteiger partial charge is 0.417 e. The Kier molecular flexibility index (Phi) is 10.00. The van der Waals surface area contributed by atoms with Crippen molar-refractivity contribution in [1.82, 2.24) is 14.9 Å². The summed E-state index contributed by atoms with van der Waals surface area (Å²) in [4.78, 5) is 39.6. The third-order valence-corrected chi connectivity index (χ3v) is 9.61. The monoisotopic (exact) mass is 654 g/mol. The first-order chi connectivity index (χ1) is 22.7. The third kappa shape index (κ3) is 7.72. The molecular formula is C34H41F3N6O4. The maximum atomic E-state index is 13.9. The molecule has 2 aliphatic heterocycles. The minimum atomic E-state index is -4.88. The Labute approximate surface area is 272 Å². The Balaban J connectivity index is 1.06. The van der Waals surface area contributed by atoms with E-state index in [-0.39, 0.29) is 29.4 Å². The lowest BCUT2D eigenvalue weighted by molar-refractivity contribution is -0.143. The number of benzene rings is 1. The predicted octanol–water partition coefficient (Wildman–Crippen LogP) is 5.70. The van der Waals surface area contributed by atoms with Crippen molar-refractivity contribution in [1.29, 1.82) is 0 Å². The van der Waals surface area contributed by atoms with Gasteiger partial charge in [-0.3, -0.25) is 9.59 Å². The van der Waals surface area contributed by atoms with Crippen molar-refractivity contribution in [3.05, 3.63) is 65.7 Å². The molecule has 252 valence electrons. The Morgan fingerprint density at radius 2 is 1.62 bits per heavy atom. The molecule has 4 heterocycles. The number of aliphatic hydroxyl groups excluding tert-OH is 1. The number of alkyl halides is 3. The van der Waals surface area contributed by atoms with E-state index >= 15 is 0 Å². The number of pyridine rings is 1. The van der Waals surface area contributed by atoms with Crippen LogP contribution in [0.5, 0.6) is 0 Å². The summed E-state index contributed by atoms with van der Waals surface area (Å²) in [5, 5.41) is 13.2. The van der Waals surface area contributed by atoms with Crippen LogP contribution >= 0.6 is 0 Å². The van der Waals surface area contributed by atoms with Gasteiger partial charge in [-0.05, 0) is 61.6 Å². The second kappa shape index (κ2) is 14.3. The highest BCUT2D eigenvalue weighted by molar-refractivity contribution is 6.03. The summed E-state index contributed by atoms with van der Waals surface area (Å²) in [6.07, 6.45) is 2.67. The summed E-state index contributed by atoms with van der Waals surface area (Å²) in [6, 6.07) is 13.0. The number of amides is 2. The molecule has 3 fully saturated rings. The number of carbonyl (C=O) groups excluding carboxylic acids is 2. The highest BCUT2D eigenvalue weighted by Gasteiger charge is 2.42. The summed E-state index contributed by atoms with van der Waals surface area (Å²) in [6.45, 7) is 3.04. The van der Waals surface area contributed by atoms with Gasteiger partial charge in [0.25, 0.3) is 17.8 Å². The van der Waals surface area contributed by atoms with Crippen LogP contribution in [0.4, 0.5) is 30.7 Å². The largest absolute Gasteiger partial charge is 0.437 e. The summed E-state index contributed by atoms with van der Waals surface area (Å²) in [5.74, 6) is -1.25. The topological polar surface area (TPSA) is 115 Å². The molecule has 3 aliphatic rings. The van der Waals surface area contributed by atoms with E-state index in [0.29, 0.717) is 51.5 Å². The Hall–Kier alpha value is -4.13. The molecule has 2 amide bonds. The number of aromatic nitrogens is 2. The number of piperidine rings is 1. The third-order valence-electron chi connectivity index (χ3n) is 9.61. The number of aliphatic hydroxyl groups is 1. The molecule has 10 nitrogen and oxygen atoms in total. The van der Waals surface area contributed by atoms with Crippen molar-refractivity contribution in [2.75, 3.05) is 54.4 Å². The second-order valence-corrected chi connectivity index (χ2v) is 12.7. The Morgan fingerprint density at radius 1 is 0.872 bits per heavy atom. The van der Waals surface area contributed by atoms with Crippen LogP contribution in [0, 0.1) is 5.92 Å². The van der Waals surface area contributed by atoms with Crippen molar-refractivity contribution in [2.24, 2.45) is 5.92 Å². The van der Waals surface area contributed by atoms with Crippen LogP contribution < -0.4 is 15.1 Å². The number of hydrogen-bond donors (Lipinski definition) is 2. The summed E-state index contributed by atoms with van der Waals surface area (Å²) >= 11 is 0. The summed E-state index contributed by atoms with van der Waals surface area (Å²) < 4.78 is 47.3. The van der Waals surface area contributed by atoms with Crippen molar-refractivity contribution in [3.8, 4) is 0 Å². The molecule has 2 N–H and O–H groups in total. The van der Waals surface area contributed by atoms with E-state index < -0.39 is 29.6 Å². The zero-order chi connectivity index (χ0) is 33.0. The molecule has 0 bridgehead atoms. The van der Waals surface area contributed by atoms with Gasteiger partial charge >= 0.3 is 6.18 Å². The van der Waals surface area contributed by atoms with Gasteiger partial charge in [-0.25, -0.2) is 4.98 Å². The molecule has 3 aromatic rings. The van der Waals surface area contributed by atoms with Crippen LogP contribution in [0.15, 0.2) is 53.1 Å². The van der Waals surface area contributed by atoms with Gasteiger partial charge in [-0.1, -0.05) is 49.6 Å². The molecule has 0 unspecified atom stereocenters. The van der Waals surface area contributed by atoms with E-state index in [4.69, 9.17) is 4.42 Å². The molecular weight excluding hydrogens is 613 g/mol. The lowest BCUT2D eigenvalue weighted by atomic mass is 9.85. The van der Waals surface area contributed by atoms with Gasteiger partial charge in [0.1, 0.15) is 11.9 Å². The summed E-state index contributed by atoms with van der Waals surface area (Å²) in [7, 11) is 0. The fourth-order valence-electron chi connectivity index (χ4n) is 6.96. The minimum Gasteiger partial charge on any atom is -0.417 e. The van der Waals surface area contributed by atoms with Crippen molar-refractivity contribution in [3.63, 3.8) is 0 Å². The van der Waals surface area contributed by atoms with Crippen molar-refractivity contribution >= 4 is 29.3 Å². The average molecular weight is 655 g/mol. The van der Waals surface area contributed by atoms with Crippen molar-refractivity contribution in [2.45, 2.75) is 69.6 Å².